The van der Waals surface area contributed by atoms with E-state index in [-0.39, 0.29) is 30.5 Å². The smallest absolute Gasteiger partial charge is 0.408 e. The van der Waals surface area contributed by atoms with E-state index >= 15 is 0 Å². The molecule has 62 heavy (non-hydrogen) atoms. The van der Waals surface area contributed by atoms with Crippen LogP contribution < -0.4 is 30.1 Å². The third-order valence-electron chi connectivity index (χ3n) is 11.0. The van der Waals surface area contributed by atoms with Gasteiger partial charge in [0.2, 0.25) is 11.8 Å². The maximum absolute atomic E-state index is 14.8. The molecule has 5 atom stereocenters. The van der Waals surface area contributed by atoms with Crippen molar-refractivity contribution in [3.05, 3.63) is 28.6 Å². The standard InChI is InChI=1S/C42H58ClN7O10S2/c1-12-23-19-42(23,36(53)49-62(55,56)60-41(10)15-16-41)48-34(51)28-17-24(20-50(28)35(52)33(39(4,5)6)47-38(54)59-40(7,8)9)58-30-18-26(27-21-61-37(46-27)44-22(2)3)45-32-25(30)13-14-29(57-11)31(32)43/h13-14,18,21-24,28,33H,12,15-17,19-20H2,1-11H3,(H,44,46)(H,47,54)(H,48,51)(H,49,53)/t23?,24-,28?,33-,42-/m1/s1. The van der Waals surface area contributed by atoms with E-state index in [4.69, 9.17) is 40.0 Å². The normalized spacial score (nSPS) is 22.5. The van der Waals surface area contributed by atoms with Crippen molar-refractivity contribution < 1.29 is 46.0 Å². The average molecular weight is 921 g/mol. The lowest BCUT2D eigenvalue weighted by Crippen LogP contribution is -2.60. The van der Waals surface area contributed by atoms with Gasteiger partial charge in [-0.2, -0.15) is 8.42 Å². The van der Waals surface area contributed by atoms with Gasteiger partial charge in [0.05, 0.1) is 30.5 Å². The van der Waals surface area contributed by atoms with Crippen molar-refractivity contribution in [3.63, 3.8) is 0 Å². The van der Waals surface area contributed by atoms with Crippen LogP contribution in [0, 0.1) is 11.3 Å². The van der Waals surface area contributed by atoms with Gasteiger partial charge >= 0.3 is 16.4 Å². The van der Waals surface area contributed by atoms with E-state index in [9.17, 15) is 27.6 Å². The molecule has 340 valence electrons. The zero-order chi connectivity index (χ0) is 45.7. The number of likely N-dealkylation sites (tertiary alicyclic amines) is 1. The Kier molecular flexibility index (Phi) is 13.1. The number of carbonyl (C=O) groups excluding carboxylic acids is 4. The second kappa shape index (κ2) is 17.3. The highest BCUT2D eigenvalue weighted by molar-refractivity contribution is 7.85. The van der Waals surface area contributed by atoms with E-state index in [0.717, 1.165) is 0 Å². The number of pyridine rings is 1. The van der Waals surface area contributed by atoms with Crippen LogP contribution in [0.25, 0.3) is 22.3 Å². The lowest BCUT2D eigenvalue weighted by atomic mass is 9.85. The Bertz CT molecular complexity index is 2340. The molecule has 0 radical (unpaired) electrons. The third-order valence-corrected chi connectivity index (χ3v) is 13.2. The molecular weight excluding hydrogens is 862 g/mol. The number of alkyl carbamates (subject to hydrolysis) is 1. The number of nitrogens with zero attached hydrogens (tertiary/aromatic N) is 3. The van der Waals surface area contributed by atoms with Crippen LogP contribution in [0.3, 0.4) is 0 Å². The van der Waals surface area contributed by atoms with Crippen LogP contribution in [0.5, 0.6) is 11.5 Å². The largest absolute Gasteiger partial charge is 0.495 e. The van der Waals surface area contributed by atoms with Gasteiger partial charge in [0, 0.05) is 29.3 Å². The van der Waals surface area contributed by atoms with Gasteiger partial charge in [0.25, 0.3) is 5.91 Å². The molecule has 0 spiro atoms. The molecule has 2 saturated carbocycles. The van der Waals surface area contributed by atoms with Crippen LogP contribution in [0.1, 0.15) is 101 Å². The summed E-state index contributed by atoms with van der Waals surface area (Å²) in [6.45, 7) is 17.8. The number of amides is 4. The molecule has 1 saturated heterocycles. The summed E-state index contributed by atoms with van der Waals surface area (Å²) in [6.07, 6.45) is -0.0158. The Morgan fingerprint density at radius 3 is 2.32 bits per heavy atom. The van der Waals surface area contributed by atoms with Crippen molar-refractivity contribution in [1.29, 1.82) is 0 Å². The van der Waals surface area contributed by atoms with Gasteiger partial charge in [0.15, 0.2) is 5.13 Å². The molecule has 1 aromatic carbocycles. The molecule has 3 heterocycles. The van der Waals surface area contributed by atoms with Crippen molar-refractivity contribution in [1.82, 2.24) is 30.2 Å². The van der Waals surface area contributed by atoms with E-state index in [2.05, 4.69) is 16.0 Å². The lowest BCUT2D eigenvalue weighted by molar-refractivity contribution is -0.143. The fourth-order valence-electron chi connectivity index (χ4n) is 7.46. The number of halogens is 1. The maximum Gasteiger partial charge on any atom is 0.408 e. The summed E-state index contributed by atoms with van der Waals surface area (Å²) in [5.41, 5.74) is -2.82. The summed E-state index contributed by atoms with van der Waals surface area (Å²) in [7, 11) is -3.00. The van der Waals surface area contributed by atoms with E-state index in [0.29, 0.717) is 58.2 Å². The highest BCUT2D eigenvalue weighted by atomic mass is 35.5. The zero-order valence-corrected chi connectivity index (χ0v) is 39.4. The SMILES string of the molecule is CCC1C[C@]1(NC(=O)C1C[C@@H](Oc2cc(-c3csc(NC(C)C)n3)nc3c(Cl)c(OC)ccc23)CN1C(=O)[C@@H](NC(=O)OC(C)(C)C)C(C)(C)C)C(=O)NS(=O)(=O)OC1(C)CC1. The fourth-order valence-corrected chi connectivity index (χ4v) is 9.74. The van der Waals surface area contributed by atoms with Crippen molar-refractivity contribution >= 4 is 73.1 Å². The molecule has 2 unspecified atom stereocenters. The Labute approximate surface area is 372 Å². The summed E-state index contributed by atoms with van der Waals surface area (Å²) in [5.74, 6) is -1.88. The molecule has 4 amide bonds. The van der Waals surface area contributed by atoms with Crippen molar-refractivity contribution in [2.45, 2.75) is 142 Å². The van der Waals surface area contributed by atoms with E-state index < -0.39 is 80.4 Å². The van der Waals surface area contributed by atoms with E-state index in [1.807, 2.05) is 30.9 Å². The van der Waals surface area contributed by atoms with Crippen LogP contribution in [0.15, 0.2) is 23.6 Å². The number of ether oxygens (including phenoxy) is 3. The second-order valence-electron chi connectivity index (χ2n) is 18.9. The predicted octanol–water partition coefficient (Wildman–Crippen LogP) is 6.34. The van der Waals surface area contributed by atoms with Gasteiger partial charge < -0.3 is 35.1 Å². The Morgan fingerprint density at radius 2 is 1.74 bits per heavy atom. The van der Waals surface area contributed by atoms with Crippen molar-refractivity contribution in [2.24, 2.45) is 11.3 Å². The first-order chi connectivity index (χ1) is 28.8. The number of nitrogens with one attached hydrogen (secondary N) is 4. The summed E-state index contributed by atoms with van der Waals surface area (Å²) >= 11 is 8.25. The van der Waals surface area contributed by atoms with E-state index in [1.54, 1.807) is 66.7 Å². The molecule has 3 aromatic rings. The minimum absolute atomic E-state index is 0.0443. The summed E-state index contributed by atoms with van der Waals surface area (Å²) in [5, 5.41) is 12.2. The number of rotatable bonds is 15. The van der Waals surface area contributed by atoms with Gasteiger partial charge in [0.1, 0.15) is 51.5 Å². The van der Waals surface area contributed by atoms with Crippen LogP contribution in [-0.4, -0.2) is 102 Å². The molecule has 1 aliphatic heterocycles. The number of carbonyl (C=O) groups is 4. The molecule has 17 nitrogen and oxygen atoms in total. The lowest BCUT2D eigenvalue weighted by Gasteiger charge is -2.36. The average Bonchev–Trinajstić information content (AvgIpc) is 3.92. The van der Waals surface area contributed by atoms with Crippen LogP contribution >= 0.6 is 22.9 Å². The topological polar surface area (TPSA) is 216 Å². The Morgan fingerprint density at radius 1 is 1.05 bits per heavy atom. The molecule has 20 heteroatoms. The minimum atomic E-state index is -4.50. The fraction of sp³-hybridized carbons (Fsp3) is 0.619. The second-order valence-corrected chi connectivity index (χ2v) is 21.5. The Hall–Kier alpha value is -4.46. The number of benzene rings is 1. The van der Waals surface area contributed by atoms with Crippen LogP contribution in [0.4, 0.5) is 9.93 Å². The molecule has 2 aliphatic carbocycles. The van der Waals surface area contributed by atoms with Gasteiger partial charge in [-0.3, -0.25) is 14.4 Å². The first-order valence-corrected chi connectivity index (χ1v) is 23.4. The summed E-state index contributed by atoms with van der Waals surface area (Å²) < 4.78 is 50.8. The van der Waals surface area contributed by atoms with Crippen LogP contribution in [0.2, 0.25) is 5.02 Å². The molecule has 6 rings (SSSR count). The monoisotopic (exact) mass is 919 g/mol. The third kappa shape index (κ3) is 10.7. The highest BCUT2D eigenvalue weighted by Crippen LogP contribution is 2.47. The number of anilines is 1. The first kappa shape index (κ1) is 47.0. The number of thiazole rings is 1. The highest BCUT2D eigenvalue weighted by Gasteiger charge is 2.62. The summed E-state index contributed by atoms with van der Waals surface area (Å²) in [4.78, 5) is 67.3. The molecule has 3 fully saturated rings. The van der Waals surface area contributed by atoms with Crippen molar-refractivity contribution in [2.75, 3.05) is 19.0 Å². The van der Waals surface area contributed by atoms with Gasteiger partial charge in [-0.25, -0.2) is 23.7 Å². The molecule has 4 N–H and O–H groups in total. The number of aromatic nitrogens is 2. The number of hydrogen-bond donors (Lipinski definition) is 4. The predicted molar refractivity (Wildman–Crippen MR) is 235 cm³/mol. The van der Waals surface area contributed by atoms with Gasteiger partial charge in [-0.1, -0.05) is 45.7 Å². The van der Waals surface area contributed by atoms with Crippen LogP contribution in [-0.2, 0) is 33.6 Å². The molecule has 3 aliphatic rings. The van der Waals surface area contributed by atoms with E-state index in [1.165, 1.54) is 23.3 Å². The minimum Gasteiger partial charge on any atom is -0.495 e. The Balaban J connectivity index is 1.36. The quantitative estimate of drug-likeness (QED) is 0.131. The number of hydrogen-bond acceptors (Lipinski definition) is 14. The van der Waals surface area contributed by atoms with Crippen molar-refractivity contribution in [3.8, 4) is 22.9 Å². The first-order valence-electron chi connectivity index (χ1n) is 20.7. The zero-order valence-electron chi connectivity index (χ0n) is 37.1. The van der Waals surface area contributed by atoms with Gasteiger partial charge in [-0.05, 0) is 84.3 Å². The molecular formula is C42H58ClN7O10S2. The maximum atomic E-state index is 14.8. The summed E-state index contributed by atoms with van der Waals surface area (Å²) in [6, 6.07) is 2.91. The number of methoxy groups -OCH3 is 1. The molecule has 2 aromatic heterocycles. The van der Waals surface area contributed by atoms with Gasteiger partial charge in [-0.15, -0.1) is 11.3 Å². The molecule has 0 bridgehead atoms. The number of fused-ring (bicyclic) bond motifs is 1.